The van der Waals surface area contributed by atoms with E-state index in [9.17, 15) is 0 Å². The molecule has 0 amide bonds. The van der Waals surface area contributed by atoms with Gasteiger partial charge in [0.05, 0.1) is 0 Å². The maximum atomic E-state index is 6.91. The summed E-state index contributed by atoms with van der Waals surface area (Å²) in [5, 5.41) is 0. The van der Waals surface area contributed by atoms with Crippen molar-refractivity contribution in [2.45, 2.75) is 161 Å². The molecule has 1 nitrogen and oxygen atoms in total. The van der Waals surface area contributed by atoms with Crippen molar-refractivity contribution in [3.05, 3.63) is 35.9 Å². The van der Waals surface area contributed by atoms with Crippen molar-refractivity contribution >= 4 is 12.4 Å². The minimum absolute atomic E-state index is 0. The molecule has 0 saturated carbocycles. The fourth-order valence-corrected chi connectivity index (χ4v) is 5.67. The van der Waals surface area contributed by atoms with E-state index in [-0.39, 0.29) is 23.9 Å². The second kappa shape index (κ2) is 22.0. The molecule has 0 bridgehead atoms. The van der Waals surface area contributed by atoms with Gasteiger partial charge in [-0.3, -0.25) is 0 Å². The van der Waals surface area contributed by atoms with Crippen LogP contribution < -0.4 is 5.73 Å². The average Bonchev–Trinajstić information content (AvgIpc) is 2.81. The highest BCUT2D eigenvalue weighted by molar-refractivity contribution is 5.85. The van der Waals surface area contributed by atoms with Gasteiger partial charge in [0.2, 0.25) is 0 Å². The van der Waals surface area contributed by atoms with Crippen LogP contribution in [0.3, 0.4) is 0 Å². The smallest absolute Gasteiger partial charge is 0.0136 e. The molecule has 0 saturated heterocycles. The highest BCUT2D eigenvalue weighted by Crippen LogP contribution is 2.38. The Labute approximate surface area is 214 Å². The summed E-state index contributed by atoms with van der Waals surface area (Å²) in [6, 6.07) is 11.4. The van der Waals surface area contributed by atoms with E-state index in [4.69, 9.17) is 5.73 Å². The Kier molecular flexibility index (Phi) is 21.6. The van der Waals surface area contributed by atoms with E-state index in [0.717, 1.165) is 0 Å². The van der Waals surface area contributed by atoms with Crippen LogP contribution in [0.2, 0.25) is 0 Å². The first kappa shape index (κ1) is 32.5. The molecular formula is C31H58ClN. The molecule has 1 rings (SSSR count). The van der Waals surface area contributed by atoms with Gasteiger partial charge in [-0.1, -0.05) is 160 Å². The van der Waals surface area contributed by atoms with E-state index in [0.29, 0.717) is 0 Å². The number of benzene rings is 1. The van der Waals surface area contributed by atoms with Crippen molar-refractivity contribution in [2.24, 2.45) is 5.73 Å². The molecule has 194 valence electrons. The topological polar surface area (TPSA) is 26.0 Å². The summed E-state index contributed by atoms with van der Waals surface area (Å²) in [6.07, 6.45) is 27.3. The highest BCUT2D eigenvalue weighted by Gasteiger charge is 2.36. The Hall–Kier alpha value is -0.530. The monoisotopic (exact) mass is 479 g/mol. The van der Waals surface area contributed by atoms with Gasteiger partial charge in [-0.2, -0.15) is 0 Å². The Morgan fingerprint density at radius 3 is 1.36 bits per heavy atom. The summed E-state index contributed by atoms with van der Waals surface area (Å²) in [5.74, 6) is 0. The fraction of sp³-hybridized carbons (Fsp3) is 0.806. The lowest BCUT2D eigenvalue weighted by molar-refractivity contribution is 0.272. The van der Waals surface area contributed by atoms with Gasteiger partial charge in [0, 0.05) is 11.5 Å². The van der Waals surface area contributed by atoms with Crippen molar-refractivity contribution in [3.8, 4) is 0 Å². The van der Waals surface area contributed by atoms with Crippen LogP contribution in [-0.4, -0.2) is 6.04 Å². The number of hydrogen-bond acceptors (Lipinski definition) is 1. The van der Waals surface area contributed by atoms with E-state index in [2.05, 4.69) is 51.1 Å². The summed E-state index contributed by atoms with van der Waals surface area (Å²) < 4.78 is 0. The quantitative estimate of drug-likeness (QED) is 0.164. The van der Waals surface area contributed by atoms with Gasteiger partial charge >= 0.3 is 0 Å². The maximum absolute atomic E-state index is 6.91. The van der Waals surface area contributed by atoms with Crippen molar-refractivity contribution in [1.29, 1.82) is 0 Å². The zero-order valence-electron chi connectivity index (χ0n) is 22.6. The third-order valence-corrected chi connectivity index (χ3v) is 7.57. The molecule has 0 spiro atoms. The van der Waals surface area contributed by atoms with Crippen LogP contribution in [0.1, 0.15) is 155 Å². The first-order chi connectivity index (χ1) is 15.7. The minimum Gasteiger partial charge on any atom is -0.327 e. The van der Waals surface area contributed by atoms with Crippen LogP contribution in [-0.2, 0) is 5.41 Å². The van der Waals surface area contributed by atoms with Crippen LogP contribution >= 0.6 is 12.4 Å². The Balaban J connectivity index is 0.0000102. The normalized spacial score (nSPS) is 12.5. The maximum Gasteiger partial charge on any atom is 0.0136 e. The van der Waals surface area contributed by atoms with Crippen LogP contribution in [0, 0.1) is 0 Å². The number of unbranched alkanes of at least 4 members (excludes halogenated alkanes) is 14. The fourth-order valence-electron chi connectivity index (χ4n) is 5.67. The van der Waals surface area contributed by atoms with Crippen molar-refractivity contribution in [1.82, 2.24) is 0 Å². The molecule has 0 fully saturated rings. The zero-order valence-corrected chi connectivity index (χ0v) is 23.4. The second-order valence-corrected chi connectivity index (χ2v) is 10.4. The molecule has 0 heterocycles. The summed E-state index contributed by atoms with van der Waals surface area (Å²) >= 11 is 0. The lowest BCUT2D eigenvalue weighted by atomic mass is 9.67. The number of halogens is 1. The number of hydrogen-bond donors (Lipinski definition) is 1. The van der Waals surface area contributed by atoms with Gasteiger partial charge in [0.15, 0.2) is 0 Å². The molecule has 1 aromatic rings. The predicted molar refractivity (Wildman–Crippen MR) is 153 cm³/mol. The molecule has 33 heavy (non-hydrogen) atoms. The molecule has 0 aliphatic carbocycles. The SMILES string of the molecule is CCCCCCCCCCCCCCCCCC(N)C(CCC)(CCC)c1ccccc1.Cl. The molecule has 1 atom stereocenters. The summed E-state index contributed by atoms with van der Waals surface area (Å²) in [6.45, 7) is 6.92. The van der Waals surface area contributed by atoms with E-state index in [1.165, 1.54) is 134 Å². The molecular weight excluding hydrogens is 422 g/mol. The van der Waals surface area contributed by atoms with Crippen molar-refractivity contribution in [2.75, 3.05) is 0 Å². The number of rotatable bonds is 22. The van der Waals surface area contributed by atoms with E-state index in [1.807, 2.05) is 0 Å². The first-order valence-corrected chi connectivity index (χ1v) is 14.5. The van der Waals surface area contributed by atoms with Crippen LogP contribution in [0.25, 0.3) is 0 Å². The lowest BCUT2D eigenvalue weighted by Gasteiger charge is -2.40. The third kappa shape index (κ3) is 13.8. The van der Waals surface area contributed by atoms with Gasteiger partial charge in [0.1, 0.15) is 0 Å². The molecule has 0 radical (unpaired) electrons. The van der Waals surface area contributed by atoms with Gasteiger partial charge in [-0.25, -0.2) is 0 Å². The number of nitrogens with two attached hydrogens (primary N) is 1. The molecule has 0 aliphatic rings. The molecule has 1 unspecified atom stereocenters. The predicted octanol–water partition coefficient (Wildman–Crippen LogP) is 10.5. The molecule has 2 heteroatoms. The molecule has 0 aromatic heterocycles. The summed E-state index contributed by atoms with van der Waals surface area (Å²) in [5.41, 5.74) is 8.55. The lowest BCUT2D eigenvalue weighted by Crippen LogP contribution is -2.45. The Bertz CT molecular complexity index is 509. The highest BCUT2D eigenvalue weighted by atomic mass is 35.5. The van der Waals surface area contributed by atoms with E-state index >= 15 is 0 Å². The van der Waals surface area contributed by atoms with Crippen LogP contribution in [0.5, 0.6) is 0 Å². The van der Waals surface area contributed by atoms with Crippen molar-refractivity contribution in [3.63, 3.8) is 0 Å². The van der Waals surface area contributed by atoms with E-state index < -0.39 is 0 Å². The summed E-state index contributed by atoms with van der Waals surface area (Å²) in [7, 11) is 0. The standard InChI is InChI=1S/C31H57N.ClH/c1-4-7-8-9-10-11-12-13-14-15-16-17-18-19-23-26-30(32)31(27-5-2,28-6-3)29-24-21-20-22-25-29;/h20-22,24-25,30H,4-19,23,26-28,32H2,1-3H3;1H. The largest absolute Gasteiger partial charge is 0.327 e. The summed E-state index contributed by atoms with van der Waals surface area (Å²) in [4.78, 5) is 0. The van der Waals surface area contributed by atoms with Crippen molar-refractivity contribution < 1.29 is 0 Å². The molecule has 0 aliphatic heterocycles. The first-order valence-electron chi connectivity index (χ1n) is 14.5. The molecule has 1 aromatic carbocycles. The third-order valence-electron chi connectivity index (χ3n) is 7.57. The van der Waals surface area contributed by atoms with Crippen LogP contribution in [0.4, 0.5) is 0 Å². The average molecular weight is 480 g/mol. The Morgan fingerprint density at radius 1 is 0.576 bits per heavy atom. The zero-order chi connectivity index (χ0) is 23.3. The van der Waals surface area contributed by atoms with Gasteiger partial charge in [-0.05, 0) is 24.8 Å². The second-order valence-electron chi connectivity index (χ2n) is 10.4. The minimum atomic E-state index is 0. The molecule has 2 N–H and O–H groups in total. The van der Waals surface area contributed by atoms with Gasteiger partial charge in [-0.15, -0.1) is 12.4 Å². The van der Waals surface area contributed by atoms with Gasteiger partial charge < -0.3 is 5.73 Å². The Morgan fingerprint density at radius 2 is 0.970 bits per heavy atom. The van der Waals surface area contributed by atoms with Gasteiger partial charge in [0.25, 0.3) is 0 Å². The van der Waals surface area contributed by atoms with Crippen LogP contribution in [0.15, 0.2) is 30.3 Å². The van der Waals surface area contributed by atoms with E-state index in [1.54, 1.807) is 0 Å².